The Balaban J connectivity index is 3.15. The number of esters is 2. The second-order valence-electron chi connectivity index (χ2n) is 9.36. The van der Waals surface area contributed by atoms with Crippen molar-refractivity contribution < 1.29 is 14.3 Å². The molecule has 0 saturated carbocycles. The molecule has 0 aromatic carbocycles. The third kappa shape index (κ3) is 23.4. The average molecular weight is 437 g/mol. The van der Waals surface area contributed by atoms with E-state index >= 15 is 0 Å². The van der Waals surface area contributed by atoms with Crippen LogP contribution in [-0.2, 0) is 14.3 Å². The van der Waals surface area contributed by atoms with Gasteiger partial charge in [0.05, 0.1) is 0 Å². The highest BCUT2D eigenvalue weighted by atomic mass is 16.6. The molecular weight excluding hydrogens is 384 g/mol. The first-order chi connectivity index (χ1) is 15.1. The van der Waals surface area contributed by atoms with E-state index in [1.807, 2.05) is 0 Å². The number of hydrogen-bond acceptors (Lipinski definition) is 3. The largest absolute Gasteiger partial charge is 0.390 e. The molecule has 3 nitrogen and oxygen atoms in total. The molecule has 31 heavy (non-hydrogen) atoms. The molecule has 0 rings (SSSR count). The van der Waals surface area contributed by atoms with E-state index in [1.54, 1.807) is 6.92 Å². The molecule has 0 fully saturated rings. The minimum Gasteiger partial charge on any atom is -0.390 e. The standard InChI is InChI=1S/C28H52O3/c1-4-5-6-7-8-9-10-11-12-13-14-15-16-17-18-19-20-21-22-23-24-25-27(29)31-28(30)26(2)3/h2,4-25H2,1,3H3. The number of rotatable bonds is 23. The van der Waals surface area contributed by atoms with Crippen molar-refractivity contribution in [2.45, 2.75) is 155 Å². The summed E-state index contributed by atoms with van der Waals surface area (Å²) >= 11 is 0. The summed E-state index contributed by atoms with van der Waals surface area (Å²) < 4.78 is 4.68. The molecule has 0 unspecified atom stereocenters. The molecule has 0 saturated heterocycles. The number of unbranched alkanes of at least 4 members (excludes halogenated alkanes) is 20. The van der Waals surface area contributed by atoms with Crippen LogP contribution in [0.3, 0.4) is 0 Å². The Morgan fingerprint density at radius 1 is 0.548 bits per heavy atom. The Morgan fingerprint density at radius 3 is 1.13 bits per heavy atom. The monoisotopic (exact) mass is 436 g/mol. The molecule has 0 atom stereocenters. The molecule has 0 N–H and O–H groups in total. The molecule has 0 radical (unpaired) electrons. The van der Waals surface area contributed by atoms with Gasteiger partial charge in [0.25, 0.3) is 0 Å². The van der Waals surface area contributed by atoms with Crippen molar-refractivity contribution in [2.24, 2.45) is 0 Å². The Kier molecular flexibility index (Phi) is 22.7. The summed E-state index contributed by atoms with van der Waals surface area (Å²) in [6, 6.07) is 0. The van der Waals surface area contributed by atoms with Crippen LogP contribution in [0.15, 0.2) is 12.2 Å². The van der Waals surface area contributed by atoms with Crippen molar-refractivity contribution in [2.75, 3.05) is 0 Å². The maximum atomic E-state index is 11.5. The van der Waals surface area contributed by atoms with Gasteiger partial charge < -0.3 is 4.74 Å². The quantitative estimate of drug-likeness (QED) is 0.0693. The van der Waals surface area contributed by atoms with Crippen LogP contribution < -0.4 is 0 Å². The summed E-state index contributed by atoms with van der Waals surface area (Å²) in [5.74, 6) is -1.03. The van der Waals surface area contributed by atoms with E-state index in [4.69, 9.17) is 0 Å². The molecule has 0 heterocycles. The van der Waals surface area contributed by atoms with Gasteiger partial charge >= 0.3 is 11.9 Å². The Labute approximate surface area is 193 Å². The maximum Gasteiger partial charge on any atom is 0.340 e. The van der Waals surface area contributed by atoms with Crippen molar-refractivity contribution in [1.82, 2.24) is 0 Å². The molecule has 0 spiro atoms. The van der Waals surface area contributed by atoms with E-state index < -0.39 is 11.9 Å². The Bertz CT molecular complexity index is 442. The van der Waals surface area contributed by atoms with Crippen molar-refractivity contribution >= 4 is 11.9 Å². The highest BCUT2D eigenvalue weighted by Crippen LogP contribution is 2.15. The van der Waals surface area contributed by atoms with E-state index in [1.165, 1.54) is 122 Å². The molecule has 182 valence electrons. The van der Waals surface area contributed by atoms with Gasteiger partial charge in [0.15, 0.2) is 0 Å². The SMILES string of the molecule is C=C(C)C(=O)OC(=O)CCCCCCCCCCCCCCCCCCCCCCC. The zero-order chi connectivity index (χ0) is 23.0. The van der Waals surface area contributed by atoms with Gasteiger partial charge in [-0.3, -0.25) is 4.79 Å². The van der Waals surface area contributed by atoms with Crippen molar-refractivity contribution in [3.63, 3.8) is 0 Å². The lowest BCUT2D eigenvalue weighted by Crippen LogP contribution is -2.12. The van der Waals surface area contributed by atoms with Gasteiger partial charge in [-0.1, -0.05) is 142 Å². The summed E-state index contributed by atoms with van der Waals surface area (Å²) in [5, 5.41) is 0. The van der Waals surface area contributed by atoms with E-state index in [0.717, 1.165) is 12.8 Å². The molecule has 3 heteroatoms. The van der Waals surface area contributed by atoms with Gasteiger partial charge in [-0.05, 0) is 13.3 Å². The zero-order valence-electron chi connectivity index (χ0n) is 21.0. The van der Waals surface area contributed by atoms with Crippen LogP contribution in [0.4, 0.5) is 0 Å². The van der Waals surface area contributed by atoms with Crippen LogP contribution in [0.25, 0.3) is 0 Å². The van der Waals surface area contributed by atoms with E-state index in [2.05, 4.69) is 18.2 Å². The zero-order valence-corrected chi connectivity index (χ0v) is 21.0. The fraction of sp³-hybridized carbons (Fsp3) is 0.857. The second-order valence-corrected chi connectivity index (χ2v) is 9.36. The molecule has 0 amide bonds. The van der Waals surface area contributed by atoms with Gasteiger partial charge in [-0.25, -0.2) is 4.79 Å². The van der Waals surface area contributed by atoms with Crippen LogP contribution in [-0.4, -0.2) is 11.9 Å². The van der Waals surface area contributed by atoms with Crippen molar-refractivity contribution in [3.8, 4) is 0 Å². The topological polar surface area (TPSA) is 43.4 Å². The Morgan fingerprint density at radius 2 is 0.839 bits per heavy atom. The summed E-state index contributed by atoms with van der Waals surface area (Å²) in [5.41, 5.74) is 0.271. The second kappa shape index (κ2) is 23.5. The van der Waals surface area contributed by atoms with Crippen molar-refractivity contribution in [1.29, 1.82) is 0 Å². The number of carbonyl (C=O) groups excluding carboxylic acids is 2. The molecule has 0 aliphatic heterocycles. The first-order valence-electron chi connectivity index (χ1n) is 13.5. The molecule has 0 aliphatic rings. The Hall–Kier alpha value is -1.12. The molecular formula is C28H52O3. The lowest BCUT2D eigenvalue weighted by Gasteiger charge is -2.04. The summed E-state index contributed by atoms with van der Waals surface area (Å²) in [6.45, 7) is 7.31. The normalized spacial score (nSPS) is 10.9. The van der Waals surface area contributed by atoms with Gasteiger partial charge in [0, 0.05) is 12.0 Å². The lowest BCUT2D eigenvalue weighted by atomic mass is 10.0. The third-order valence-corrected chi connectivity index (χ3v) is 6.04. The van der Waals surface area contributed by atoms with Crippen molar-refractivity contribution in [3.05, 3.63) is 12.2 Å². The lowest BCUT2D eigenvalue weighted by molar-refractivity contribution is -0.156. The van der Waals surface area contributed by atoms with Gasteiger partial charge in [-0.15, -0.1) is 0 Å². The predicted octanol–water partition coefficient (Wildman–Crippen LogP) is 9.23. The first kappa shape index (κ1) is 29.9. The maximum absolute atomic E-state index is 11.5. The molecule has 0 bridgehead atoms. The summed E-state index contributed by atoms with van der Waals surface area (Å²) in [6.07, 6.45) is 28.6. The first-order valence-corrected chi connectivity index (χ1v) is 13.5. The molecule has 0 aliphatic carbocycles. The van der Waals surface area contributed by atoms with Gasteiger partial charge in [0.2, 0.25) is 0 Å². The minimum atomic E-state index is -0.603. The van der Waals surface area contributed by atoms with Crippen LogP contribution in [0.2, 0.25) is 0 Å². The molecule has 0 aromatic rings. The minimum absolute atomic E-state index is 0.271. The van der Waals surface area contributed by atoms with Crippen LogP contribution >= 0.6 is 0 Å². The van der Waals surface area contributed by atoms with Crippen LogP contribution in [0, 0.1) is 0 Å². The van der Waals surface area contributed by atoms with Gasteiger partial charge in [0.1, 0.15) is 0 Å². The fourth-order valence-electron chi connectivity index (χ4n) is 3.94. The summed E-state index contributed by atoms with van der Waals surface area (Å²) in [4.78, 5) is 22.7. The number of ether oxygens (including phenoxy) is 1. The van der Waals surface area contributed by atoms with Crippen LogP contribution in [0.5, 0.6) is 0 Å². The van der Waals surface area contributed by atoms with E-state index in [0.29, 0.717) is 6.42 Å². The predicted molar refractivity (Wildman–Crippen MR) is 133 cm³/mol. The number of hydrogen-bond donors (Lipinski definition) is 0. The van der Waals surface area contributed by atoms with Gasteiger partial charge in [-0.2, -0.15) is 0 Å². The highest BCUT2D eigenvalue weighted by molar-refractivity contribution is 5.95. The van der Waals surface area contributed by atoms with E-state index in [-0.39, 0.29) is 5.57 Å². The smallest absolute Gasteiger partial charge is 0.340 e. The molecule has 0 aromatic heterocycles. The summed E-state index contributed by atoms with van der Waals surface area (Å²) in [7, 11) is 0. The average Bonchev–Trinajstić information content (AvgIpc) is 2.74. The fourth-order valence-corrected chi connectivity index (χ4v) is 3.94. The number of carbonyl (C=O) groups is 2. The third-order valence-electron chi connectivity index (χ3n) is 6.04. The van der Waals surface area contributed by atoms with Crippen LogP contribution in [0.1, 0.15) is 155 Å². The van der Waals surface area contributed by atoms with E-state index in [9.17, 15) is 9.59 Å². The highest BCUT2D eigenvalue weighted by Gasteiger charge is 2.10.